The smallest absolute Gasteiger partial charge is 0.162 e. The molecular weight excluding hydrogens is 263 g/mol. The molecule has 1 heterocycles. The minimum absolute atomic E-state index is 0.137. The van der Waals surface area contributed by atoms with Gasteiger partial charge in [0, 0.05) is 18.9 Å². The predicted octanol–water partition coefficient (Wildman–Crippen LogP) is 2.41. The maximum absolute atomic E-state index is 13.9. The van der Waals surface area contributed by atoms with Gasteiger partial charge in [0.2, 0.25) is 0 Å². The van der Waals surface area contributed by atoms with E-state index in [2.05, 4.69) is 9.97 Å². The zero-order chi connectivity index (χ0) is 13.8. The van der Waals surface area contributed by atoms with Crippen molar-refractivity contribution in [3.63, 3.8) is 0 Å². The zero-order valence-electron chi connectivity index (χ0n) is 10.4. The van der Waals surface area contributed by atoms with Crippen LogP contribution < -0.4 is 10.6 Å². The molecule has 1 aromatic carbocycles. The number of hydrogen-bond acceptors (Lipinski definition) is 4. The van der Waals surface area contributed by atoms with Crippen molar-refractivity contribution >= 4 is 28.7 Å². The standard InChI is InChI=1S/C13H13FN4S/c1-2-18(10-6-4-3-5-9(10)14)13-11(12(15)19)16-7-8-17-13/h3-8H,2H2,1H3,(H2,15,19). The molecule has 4 nitrogen and oxygen atoms in total. The summed E-state index contributed by atoms with van der Waals surface area (Å²) in [6.45, 7) is 2.42. The third-order valence-corrected chi connectivity index (χ3v) is 2.82. The Morgan fingerprint density at radius 3 is 2.63 bits per heavy atom. The monoisotopic (exact) mass is 276 g/mol. The zero-order valence-corrected chi connectivity index (χ0v) is 11.2. The van der Waals surface area contributed by atoms with Crippen LogP contribution in [0.25, 0.3) is 0 Å². The van der Waals surface area contributed by atoms with Crippen LogP contribution in [-0.2, 0) is 0 Å². The Kier molecular flexibility index (Phi) is 4.01. The third-order valence-electron chi connectivity index (χ3n) is 2.63. The first kappa shape index (κ1) is 13.4. The molecule has 0 aliphatic carbocycles. The van der Waals surface area contributed by atoms with Gasteiger partial charge in [-0.1, -0.05) is 24.4 Å². The summed E-state index contributed by atoms with van der Waals surface area (Å²) in [4.78, 5) is 10.2. The van der Waals surface area contributed by atoms with E-state index >= 15 is 0 Å². The maximum atomic E-state index is 13.9. The summed E-state index contributed by atoms with van der Waals surface area (Å²) in [5, 5.41) is 0. The molecule has 0 bridgehead atoms. The molecule has 0 aliphatic rings. The van der Waals surface area contributed by atoms with E-state index in [9.17, 15) is 4.39 Å². The summed E-state index contributed by atoms with van der Waals surface area (Å²) in [7, 11) is 0. The molecule has 0 aliphatic heterocycles. The fourth-order valence-corrected chi connectivity index (χ4v) is 1.95. The Morgan fingerprint density at radius 2 is 2.00 bits per heavy atom. The largest absolute Gasteiger partial charge is 0.388 e. The fourth-order valence-electron chi connectivity index (χ4n) is 1.81. The van der Waals surface area contributed by atoms with Crippen molar-refractivity contribution in [1.29, 1.82) is 0 Å². The molecule has 0 saturated carbocycles. The second kappa shape index (κ2) is 5.71. The van der Waals surface area contributed by atoms with Gasteiger partial charge in [-0.05, 0) is 19.1 Å². The summed E-state index contributed by atoms with van der Waals surface area (Å²) in [5.41, 5.74) is 6.44. The number of nitrogens with zero attached hydrogens (tertiary/aromatic N) is 3. The van der Waals surface area contributed by atoms with E-state index in [1.807, 2.05) is 6.92 Å². The van der Waals surface area contributed by atoms with Crippen LogP contribution in [-0.4, -0.2) is 21.5 Å². The molecule has 0 atom stereocenters. The highest BCUT2D eigenvalue weighted by molar-refractivity contribution is 7.80. The maximum Gasteiger partial charge on any atom is 0.162 e. The van der Waals surface area contributed by atoms with Crippen molar-refractivity contribution in [2.75, 3.05) is 11.4 Å². The molecule has 0 saturated heterocycles. The van der Waals surface area contributed by atoms with Crippen LogP contribution in [0.3, 0.4) is 0 Å². The van der Waals surface area contributed by atoms with Gasteiger partial charge in [-0.2, -0.15) is 0 Å². The second-order valence-electron chi connectivity index (χ2n) is 3.79. The number of rotatable bonds is 4. The minimum atomic E-state index is -0.330. The number of thiocarbonyl (C=S) groups is 1. The summed E-state index contributed by atoms with van der Waals surface area (Å²) in [6.07, 6.45) is 3.04. The molecular formula is C13H13FN4S. The number of aromatic nitrogens is 2. The lowest BCUT2D eigenvalue weighted by molar-refractivity contribution is 0.625. The number of hydrogen-bond donors (Lipinski definition) is 1. The topological polar surface area (TPSA) is 55.0 Å². The predicted molar refractivity (Wildman–Crippen MR) is 77.0 cm³/mol. The summed E-state index contributed by atoms with van der Waals surface area (Å²) < 4.78 is 13.9. The normalized spacial score (nSPS) is 10.2. The lowest BCUT2D eigenvalue weighted by atomic mass is 10.2. The Morgan fingerprint density at radius 1 is 1.32 bits per heavy atom. The van der Waals surface area contributed by atoms with Crippen molar-refractivity contribution in [1.82, 2.24) is 9.97 Å². The van der Waals surface area contributed by atoms with E-state index in [1.165, 1.54) is 18.5 Å². The molecule has 2 aromatic rings. The molecule has 2 N–H and O–H groups in total. The number of anilines is 2. The van der Waals surface area contributed by atoms with Crippen LogP contribution in [0, 0.1) is 5.82 Å². The highest BCUT2D eigenvalue weighted by Gasteiger charge is 2.18. The number of halogens is 1. The summed E-state index contributed by atoms with van der Waals surface area (Å²) in [5.74, 6) is 0.131. The van der Waals surface area contributed by atoms with Gasteiger partial charge in [-0.25, -0.2) is 14.4 Å². The molecule has 0 unspecified atom stereocenters. The molecule has 0 fully saturated rings. The molecule has 1 aromatic heterocycles. The highest BCUT2D eigenvalue weighted by atomic mass is 32.1. The lowest BCUT2D eigenvalue weighted by Gasteiger charge is -2.23. The van der Waals surface area contributed by atoms with E-state index in [4.69, 9.17) is 18.0 Å². The summed E-state index contributed by atoms with van der Waals surface area (Å²) >= 11 is 4.95. The first-order valence-electron chi connectivity index (χ1n) is 5.78. The SMILES string of the molecule is CCN(c1ccccc1F)c1nccnc1C(N)=S. The first-order valence-corrected chi connectivity index (χ1v) is 6.18. The number of nitrogens with two attached hydrogens (primary N) is 1. The molecule has 2 rings (SSSR count). The van der Waals surface area contributed by atoms with E-state index in [0.717, 1.165) is 0 Å². The van der Waals surface area contributed by atoms with Crippen molar-refractivity contribution < 1.29 is 4.39 Å². The van der Waals surface area contributed by atoms with Crippen LogP contribution in [0.2, 0.25) is 0 Å². The first-order chi connectivity index (χ1) is 9.15. The van der Waals surface area contributed by atoms with Crippen LogP contribution in [0.1, 0.15) is 12.6 Å². The van der Waals surface area contributed by atoms with E-state index in [1.54, 1.807) is 23.1 Å². The minimum Gasteiger partial charge on any atom is -0.388 e. The van der Waals surface area contributed by atoms with Gasteiger partial charge < -0.3 is 10.6 Å². The van der Waals surface area contributed by atoms with Gasteiger partial charge in [0.05, 0.1) is 5.69 Å². The Labute approximate surface area is 116 Å². The highest BCUT2D eigenvalue weighted by Crippen LogP contribution is 2.27. The molecule has 0 radical (unpaired) electrons. The van der Waals surface area contributed by atoms with Crippen molar-refractivity contribution in [2.24, 2.45) is 5.73 Å². The quantitative estimate of drug-likeness (QED) is 0.869. The summed E-state index contributed by atoms with van der Waals surface area (Å²) in [6, 6.07) is 6.47. The second-order valence-corrected chi connectivity index (χ2v) is 4.23. The van der Waals surface area contributed by atoms with Crippen LogP contribution in [0.4, 0.5) is 15.9 Å². The average molecular weight is 276 g/mol. The molecule has 6 heteroatoms. The van der Waals surface area contributed by atoms with Gasteiger partial charge in [0.25, 0.3) is 0 Å². The van der Waals surface area contributed by atoms with Gasteiger partial charge >= 0.3 is 0 Å². The number of para-hydroxylation sites is 1. The fraction of sp³-hybridized carbons (Fsp3) is 0.154. The lowest BCUT2D eigenvalue weighted by Crippen LogP contribution is -2.24. The van der Waals surface area contributed by atoms with Crippen LogP contribution >= 0.6 is 12.2 Å². The van der Waals surface area contributed by atoms with Crippen LogP contribution in [0.15, 0.2) is 36.7 Å². The van der Waals surface area contributed by atoms with E-state index in [0.29, 0.717) is 23.7 Å². The van der Waals surface area contributed by atoms with E-state index < -0.39 is 0 Å². The van der Waals surface area contributed by atoms with Crippen molar-refractivity contribution in [3.05, 3.63) is 48.2 Å². The number of benzene rings is 1. The van der Waals surface area contributed by atoms with Crippen LogP contribution in [0.5, 0.6) is 0 Å². The third kappa shape index (κ3) is 2.68. The van der Waals surface area contributed by atoms with Gasteiger partial charge in [0.1, 0.15) is 16.5 Å². The van der Waals surface area contributed by atoms with Gasteiger partial charge in [0.15, 0.2) is 5.82 Å². The molecule has 0 spiro atoms. The molecule has 0 amide bonds. The Balaban J connectivity index is 2.55. The van der Waals surface area contributed by atoms with Crippen molar-refractivity contribution in [2.45, 2.75) is 6.92 Å². The Bertz CT molecular complexity index is 603. The average Bonchev–Trinajstić information content (AvgIpc) is 2.42. The molecule has 19 heavy (non-hydrogen) atoms. The Hall–Kier alpha value is -2.08. The van der Waals surface area contributed by atoms with Gasteiger partial charge in [-0.3, -0.25) is 0 Å². The van der Waals surface area contributed by atoms with E-state index in [-0.39, 0.29) is 10.8 Å². The van der Waals surface area contributed by atoms with Crippen molar-refractivity contribution in [3.8, 4) is 0 Å². The van der Waals surface area contributed by atoms with Gasteiger partial charge in [-0.15, -0.1) is 0 Å². The molecule has 98 valence electrons.